The predicted molar refractivity (Wildman–Crippen MR) is 132 cm³/mol. The third-order valence-corrected chi connectivity index (χ3v) is 7.80. The first-order valence-electron chi connectivity index (χ1n) is 11.3. The summed E-state index contributed by atoms with van der Waals surface area (Å²) in [5.74, 6) is 0.454. The molecule has 7 nitrogen and oxygen atoms in total. The summed E-state index contributed by atoms with van der Waals surface area (Å²) in [6.07, 6.45) is 1.01. The molecule has 3 aromatic carbocycles. The molecule has 1 N–H and O–H groups in total. The fourth-order valence-corrected chi connectivity index (χ4v) is 5.66. The molecule has 0 unspecified atom stereocenters. The van der Waals surface area contributed by atoms with Crippen molar-refractivity contribution >= 4 is 21.6 Å². The van der Waals surface area contributed by atoms with Crippen LogP contribution in [-0.2, 0) is 21.4 Å². The van der Waals surface area contributed by atoms with Crippen LogP contribution in [0.2, 0.25) is 0 Å². The van der Waals surface area contributed by atoms with E-state index in [4.69, 9.17) is 4.74 Å². The van der Waals surface area contributed by atoms with Gasteiger partial charge in [0.05, 0.1) is 4.90 Å². The quantitative estimate of drug-likeness (QED) is 0.506. The van der Waals surface area contributed by atoms with Crippen molar-refractivity contribution in [2.75, 3.05) is 25.5 Å². The van der Waals surface area contributed by atoms with Crippen molar-refractivity contribution in [1.82, 2.24) is 9.62 Å². The number of benzene rings is 3. The zero-order chi connectivity index (χ0) is 25.0. The SMILES string of the molecule is CN(C)c1ccc(Oc2cccc(CNC(=O)[C@@H]3CCCN3S(=O)(=O)c3ccc(F)cc3)c2)cc1. The number of nitrogens with zero attached hydrogens (tertiary/aromatic N) is 2. The first-order chi connectivity index (χ1) is 16.7. The highest BCUT2D eigenvalue weighted by Gasteiger charge is 2.39. The molecule has 0 spiro atoms. The molecule has 184 valence electrons. The number of ether oxygens (including phenoxy) is 1. The molecular weight excluding hydrogens is 469 g/mol. The average molecular weight is 498 g/mol. The van der Waals surface area contributed by atoms with E-state index in [-0.39, 0.29) is 23.9 Å². The van der Waals surface area contributed by atoms with Gasteiger partial charge in [-0.2, -0.15) is 4.31 Å². The molecule has 1 aliphatic rings. The Hall–Kier alpha value is -3.43. The van der Waals surface area contributed by atoms with Gasteiger partial charge in [-0.05, 0) is 79.1 Å². The van der Waals surface area contributed by atoms with Crippen LogP contribution >= 0.6 is 0 Å². The van der Waals surface area contributed by atoms with Gasteiger partial charge in [0.2, 0.25) is 15.9 Å². The molecule has 1 amide bonds. The van der Waals surface area contributed by atoms with Gasteiger partial charge in [-0.3, -0.25) is 4.79 Å². The average Bonchev–Trinajstić information content (AvgIpc) is 3.35. The Morgan fingerprint density at radius 2 is 1.77 bits per heavy atom. The Balaban J connectivity index is 1.39. The van der Waals surface area contributed by atoms with Gasteiger partial charge in [0.25, 0.3) is 0 Å². The van der Waals surface area contributed by atoms with E-state index < -0.39 is 21.9 Å². The number of nitrogens with one attached hydrogen (secondary N) is 1. The Bertz CT molecular complexity index is 1280. The van der Waals surface area contributed by atoms with Crippen molar-refractivity contribution in [3.8, 4) is 11.5 Å². The van der Waals surface area contributed by atoms with Gasteiger partial charge < -0.3 is 15.0 Å². The van der Waals surface area contributed by atoms with Gasteiger partial charge >= 0.3 is 0 Å². The lowest BCUT2D eigenvalue weighted by Crippen LogP contribution is -2.45. The number of halogens is 1. The first-order valence-corrected chi connectivity index (χ1v) is 12.8. The normalized spacial score (nSPS) is 16.1. The second-order valence-electron chi connectivity index (χ2n) is 8.58. The summed E-state index contributed by atoms with van der Waals surface area (Å²) in [6, 6.07) is 18.9. The number of hydrogen-bond donors (Lipinski definition) is 1. The summed E-state index contributed by atoms with van der Waals surface area (Å²) in [5, 5.41) is 2.85. The van der Waals surface area contributed by atoms with Crippen molar-refractivity contribution in [1.29, 1.82) is 0 Å². The molecule has 0 saturated carbocycles. The number of rotatable bonds is 8. The second-order valence-corrected chi connectivity index (χ2v) is 10.5. The number of carbonyl (C=O) groups excluding carboxylic acids is 1. The fourth-order valence-electron chi connectivity index (χ4n) is 4.01. The maximum Gasteiger partial charge on any atom is 0.243 e. The van der Waals surface area contributed by atoms with Crippen molar-refractivity contribution in [2.45, 2.75) is 30.3 Å². The molecule has 1 fully saturated rings. The molecule has 1 aliphatic heterocycles. The Kier molecular flexibility index (Phi) is 7.37. The highest BCUT2D eigenvalue weighted by atomic mass is 32.2. The van der Waals surface area contributed by atoms with E-state index in [1.54, 1.807) is 0 Å². The molecule has 4 rings (SSSR count). The largest absolute Gasteiger partial charge is 0.457 e. The van der Waals surface area contributed by atoms with Crippen molar-refractivity contribution in [3.63, 3.8) is 0 Å². The second kappa shape index (κ2) is 10.5. The van der Waals surface area contributed by atoms with Crippen molar-refractivity contribution < 1.29 is 22.3 Å². The monoisotopic (exact) mass is 497 g/mol. The van der Waals surface area contributed by atoms with Gasteiger partial charge in [0.1, 0.15) is 23.4 Å². The van der Waals surface area contributed by atoms with Crippen molar-refractivity contribution in [3.05, 3.63) is 84.2 Å². The van der Waals surface area contributed by atoms with Crippen LogP contribution in [0.15, 0.2) is 77.7 Å². The molecule has 1 heterocycles. The molecule has 1 saturated heterocycles. The molecule has 0 aromatic heterocycles. The third kappa shape index (κ3) is 5.80. The van der Waals surface area contributed by atoms with E-state index in [2.05, 4.69) is 5.32 Å². The van der Waals surface area contributed by atoms with Crippen LogP contribution in [0.4, 0.5) is 10.1 Å². The minimum Gasteiger partial charge on any atom is -0.457 e. The Morgan fingerprint density at radius 3 is 2.46 bits per heavy atom. The smallest absolute Gasteiger partial charge is 0.243 e. The van der Waals surface area contributed by atoms with Gasteiger partial charge in [-0.1, -0.05) is 12.1 Å². The van der Waals surface area contributed by atoms with Gasteiger partial charge in [-0.15, -0.1) is 0 Å². The minimum atomic E-state index is -3.90. The Morgan fingerprint density at radius 1 is 1.06 bits per heavy atom. The van der Waals surface area contributed by atoms with E-state index in [9.17, 15) is 17.6 Å². The van der Waals surface area contributed by atoms with E-state index >= 15 is 0 Å². The summed E-state index contributed by atoms with van der Waals surface area (Å²) in [4.78, 5) is 14.9. The Labute approximate surface area is 205 Å². The summed E-state index contributed by atoms with van der Waals surface area (Å²) in [6.45, 7) is 0.476. The lowest BCUT2D eigenvalue weighted by molar-refractivity contribution is -0.124. The zero-order valence-electron chi connectivity index (χ0n) is 19.6. The predicted octanol–water partition coefficient (Wildman–Crippen LogP) is 4.15. The topological polar surface area (TPSA) is 79.0 Å². The van der Waals surface area contributed by atoms with Crippen LogP contribution in [-0.4, -0.2) is 45.3 Å². The fraction of sp³-hybridized carbons (Fsp3) is 0.269. The number of anilines is 1. The first kappa shape index (κ1) is 24.7. The zero-order valence-corrected chi connectivity index (χ0v) is 20.5. The van der Waals surface area contributed by atoms with E-state index in [1.807, 2.05) is 67.5 Å². The van der Waals surface area contributed by atoms with E-state index in [0.717, 1.165) is 23.4 Å². The van der Waals surface area contributed by atoms with Gasteiger partial charge in [0.15, 0.2) is 0 Å². The number of carbonyl (C=O) groups is 1. The molecule has 1 atom stereocenters. The highest BCUT2D eigenvalue weighted by molar-refractivity contribution is 7.89. The maximum absolute atomic E-state index is 13.2. The van der Waals surface area contributed by atoms with Crippen LogP contribution in [0.1, 0.15) is 18.4 Å². The molecular formula is C26H28FN3O4S. The van der Waals surface area contributed by atoms with Crippen LogP contribution in [0.25, 0.3) is 0 Å². The van der Waals surface area contributed by atoms with E-state index in [0.29, 0.717) is 24.3 Å². The summed E-state index contributed by atoms with van der Waals surface area (Å²) in [7, 11) is 0.0381. The summed E-state index contributed by atoms with van der Waals surface area (Å²) >= 11 is 0. The van der Waals surface area contributed by atoms with Crippen molar-refractivity contribution in [2.24, 2.45) is 0 Å². The van der Waals surface area contributed by atoms with Crippen LogP contribution in [0.5, 0.6) is 11.5 Å². The number of hydrogen-bond acceptors (Lipinski definition) is 5. The van der Waals surface area contributed by atoms with Gasteiger partial charge in [-0.25, -0.2) is 12.8 Å². The molecule has 9 heteroatoms. The lowest BCUT2D eigenvalue weighted by Gasteiger charge is -2.23. The highest BCUT2D eigenvalue weighted by Crippen LogP contribution is 2.27. The van der Waals surface area contributed by atoms with E-state index in [1.165, 1.54) is 16.4 Å². The summed E-state index contributed by atoms with van der Waals surface area (Å²) in [5.41, 5.74) is 1.89. The maximum atomic E-state index is 13.2. The molecule has 0 bridgehead atoms. The van der Waals surface area contributed by atoms with Gasteiger partial charge in [0, 0.05) is 32.9 Å². The standard InChI is InChI=1S/C26H28FN3O4S/c1-29(2)21-10-12-22(13-11-21)34-23-6-3-5-19(17-23)18-28-26(31)25-7-4-16-30(25)35(32,33)24-14-8-20(27)9-15-24/h3,5-6,8-15,17,25H,4,7,16,18H2,1-2H3,(H,28,31)/t25-/m0/s1. The molecule has 0 radical (unpaired) electrons. The number of amides is 1. The summed E-state index contributed by atoms with van der Waals surface area (Å²) < 4.78 is 46.4. The minimum absolute atomic E-state index is 0.0259. The molecule has 35 heavy (non-hydrogen) atoms. The molecule has 3 aromatic rings. The third-order valence-electron chi connectivity index (χ3n) is 5.88. The lowest BCUT2D eigenvalue weighted by atomic mass is 10.2. The van der Waals surface area contributed by atoms with Crippen LogP contribution in [0, 0.1) is 5.82 Å². The number of sulfonamides is 1. The van der Waals surface area contributed by atoms with Crippen LogP contribution in [0.3, 0.4) is 0 Å². The molecule has 0 aliphatic carbocycles. The van der Waals surface area contributed by atoms with Crippen LogP contribution < -0.4 is 15.0 Å².